The lowest BCUT2D eigenvalue weighted by molar-refractivity contribution is -0.145. The lowest BCUT2D eigenvalue weighted by Crippen LogP contribution is -2.51. The highest BCUT2D eigenvalue weighted by molar-refractivity contribution is 7.89. The summed E-state index contributed by atoms with van der Waals surface area (Å²) in [6.07, 6.45) is 6.01. The highest BCUT2D eigenvalue weighted by Gasteiger charge is 2.40. The summed E-state index contributed by atoms with van der Waals surface area (Å²) < 4.78 is 38.6. The summed E-state index contributed by atoms with van der Waals surface area (Å²) >= 11 is 0. The Labute approximate surface area is 237 Å². The number of aryl methyl sites for hydroxylation is 1. The fourth-order valence-corrected chi connectivity index (χ4v) is 7.01. The van der Waals surface area contributed by atoms with Crippen LogP contribution in [0.3, 0.4) is 0 Å². The van der Waals surface area contributed by atoms with E-state index in [-0.39, 0.29) is 17.9 Å². The third-order valence-corrected chi connectivity index (χ3v) is 9.56. The minimum absolute atomic E-state index is 0.149. The van der Waals surface area contributed by atoms with Crippen molar-refractivity contribution in [1.82, 2.24) is 14.5 Å². The van der Waals surface area contributed by atoms with Crippen molar-refractivity contribution in [3.05, 3.63) is 59.7 Å². The number of ether oxygens (including phenoxy) is 2. The van der Waals surface area contributed by atoms with E-state index in [1.807, 2.05) is 31.2 Å². The molecule has 0 saturated carbocycles. The first-order chi connectivity index (χ1) is 19.3. The third-order valence-electron chi connectivity index (χ3n) is 7.64. The number of sulfonamides is 1. The Hall–Kier alpha value is -2.95. The van der Waals surface area contributed by atoms with Gasteiger partial charge in [-0.1, -0.05) is 36.2 Å². The van der Waals surface area contributed by atoms with Crippen LogP contribution in [0.15, 0.2) is 53.4 Å². The molecule has 2 aromatic rings. The van der Waals surface area contributed by atoms with E-state index >= 15 is 0 Å². The molecule has 218 valence electrons. The minimum Gasteiger partial charge on any atom is -0.494 e. The maximum absolute atomic E-state index is 13.3. The van der Waals surface area contributed by atoms with Crippen LogP contribution >= 0.6 is 0 Å². The number of methoxy groups -OCH3 is 1. The minimum atomic E-state index is -3.85. The van der Waals surface area contributed by atoms with Crippen LogP contribution in [-0.4, -0.2) is 81.5 Å². The van der Waals surface area contributed by atoms with Gasteiger partial charge in [-0.3, -0.25) is 4.79 Å². The molecule has 0 unspecified atom stereocenters. The molecule has 2 aliphatic rings. The number of carbonyl (C=O) groups is 2. The van der Waals surface area contributed by atoms with Crippen LogP contribution < -0.4 is 10.1 Å². The van der Waals surface area contributed by atoms with Crippen LogP contribution in [0, 0.1) is 6.92 Å². The van der Waals surface area contributed by atoms with Crippen LogP contribution in [0.1, 0.15) is 49.7 Å². The molecule has 40 heavy (non-hydrogen) atoms. The average Bonchev–Trinajstić information content (AvgIpc) is 3.48. The van der Waals surface area contributed by atoms with Gasteiger partial charge in [0.05, 0.1) is 18.6 Å². The Balaban J connectivity index is 1.33. The predicted octanol–water partition coefficient (Wildman–Crippen LogP) is 3.30. The summed E-state index contributed by atoms with van der Waals surface area (Å²) in [7, 11) is -2.58. The molecule has 1 N–H and O–H groups in total. The predicted molar refractivity (Wildman–Crippen MR) is 153 cm³/mol. The van der Waals surface area contributed by atoms with Crippen LogP contribution in [0.5, 0.6) is 5.75 Å². The maximum atomic E-state index is 13.3. The number of piperidine rings is 1. The number of nitrogens with one attached hydrogen (secondary N) is 1. The highest BCUT2D eigenvalue weighted by Crippen LogP contribution is 2.27. The third kappa shape index (κ3) is 7.83. The zero-order valence-corrected chi connectivity index (χ0v) is 24.3. The van der Waals surface area contributed by atoms with Gasteiger partial charge in [0.1, 0.15) is 17.8 Å². The van der Waals surface area contributed by atoms with Crippen LogP contribution in [0.2, 0.25) is 0 Å². The van der Waals surface area contributed by atoms with Gasteiger partial charge >= 0.3 is 5.97 Å². The van der Waals surface area contributed by atoms with Gasteiger partial charge in [-0.25, -0.2) is 13.2 Å². The van der Waals surface area contributed by atoms with Gasteiger partial charge < -0.3 is 19.7 Å². The van der Waals surface area contributed by atoms with Crippen LogP contribution in [0.4, 0.5) is 0 Å². The second-order valence-corrected chi connectivity index (χ2v) is 12.5. The van der Waals surface area contributed by atoms with E-state index in [1.165, 1.54) is 43.8 Å². The molecule has 2 aliphatic heterocycles. The molecule has 0 bridgehead atoms. The van der Waals surface area contributed by atoms with E-state index in [4.69, 9.17) is 9.47 Å². The van der Waals surface area contributed by atoms with Gasteiger partial charge in [0.25, 0.3) is 0 Å². The standard InChI is InChI=1S/C30H41N3O6S/c1-23-9-15-26(16-10-23)40(36,37)33-20-6-8-28(33)29(34)31-27(30(35)38-2)22-24-11-13-25(14-12-24)39-21-7-19-32-17-4-3-5-18-32/h9-16,27-28H,3-8,17-22H2,1-2H3,(H,31,34)/t27-,28-/m0/s1. The SMILES string of the molecule is COC(=O)[C@H](Cc1ccc(OCCCN2CCCCC2)cc1)NC(=O)[C@@H]1CCCN1S(=O)(=O)c1ccc(C)cc1. The number of esters is 1. The Bertz CT molecular complexity index is 1230. The quantitative estimate of drug-likeness (QED) is 0.308. The highest BCUT2D eigenvalue weighted by atomic mass is 32.2. The first-order valence-corrected chi connectivity index (χ1v) is 15.6. The molecular weight excluding hydrogens is 530 g/mol. The van der Waals surface area contributed by atoms with E-state index in [2.05, 4.69) is 10.2 Å². The molecule has 0 radical (unpaired) electrons. The molecule has 2 aromatic carbocycles. The van der Waals surface area contributed by atoms with Crippen LogP contribution in [-0.2, 0) is 30.8 Å². The number of hydrogen-bond donors (Lipinski definition) is 1. The molecule has 0 aromatic heterocycles. The second-order valence-electron chi connectivity index (χ2n) is 10.6. The van der Waals surface area contributed by atoms with E-state index < -0.39 is 34.0 Å². The van der Waals surface area contributed by atoms with Gasteiger partial charge in [0.15, 0.2) is 0 Å². The molecule has 10 heteroatoms. The Kier molecular flexibility index (Phi) is 10.6. The largest absolute Gasteiger partial charge is 0.494 e. The number of hydrogen-bond acceptors (Lipinski definition) is 7. The zero-order valence-electron chi connectivity index (χ0n) is 23.5. The number of nitrogens with zero attached hydrogens (tertiary/aromatic N) is 2. The Morgan fingerprint density at radius 1 is 0.975 bits per heavy atom. The van der Waals surface area contributed by atoms with E-state index in [0.717, 1.165) is 29.8 Å². The van der Waals surface area contributed by atoms with Crippen molar-refractivity contribution >= 4 is 21.9 Å². The Morgan fingerprint density at radius 2 is 1.68 bits per heavy atom. The molecule has 0 spiro atoms. The summed E-state index contributed by atoms with van der Waals surface area (Å²) in [5.41, 5.74) is 1.77. The molecule has 2 atom stereocenters. The van der Waals surface area contributed by atoms with Crippen molar-refractivity contribution in [2.45, 2.75) is 68.8 Å². The van der Waals surface area contributed by atoms with Gasteiger partial charge in [-0.15, -0.1) is 0 Å². The number of rotatable bonds is 12. The summed E-state index contributed by atoms with van der Waals surface area (Å²) in [4.78, 5) is 28.5. The summed E-state index contributed by atoms with van der Waals surface area (Å²) in [6, 6.07) is 12.2. The first-order valence-electron chi connectivity index (χ1n) is 14.2. The smallest absolute Gasteiger partial charge is 0.328 e. The second kappa shape index (κ2) is 14.1. The molecule has 1 amide bonds. The van der Waals surface area contributed by atoms with E-state index in [1.54, 1.807) is 24.3 Å². The van der Waals surface area contributed by atoms with Crippen molar-refractivity contribution in [2.75, 3.05) is 39.9 Å². The normalized spacial score (nSPS) is 19.2. The van der Waals surface area contributed by atoms with Crippen molar-refractivity contribution in [2.24, 2.45) is 0 Å². The zero-order chi connectivity index (χ0) is 28.5. The average molecular weight is 572 g/mol. The van der Waals surface area contributed by atoms with Crippen molar-refractivity contribution < 1.29 is 27.5 Å². The van der Waals surface area contributed by atoms with Gasteiger partial charge in [0, 0.05) is 19.5 Å². The van der Waals surface area contributed by atoms with Crippen LogP contribution in [0.25, 0.3) is 0 Å². The number of carbonyl (C=O) groups excluding carboxylic acids is 2. The molecule has 9 nitrogen and oxygen atoms in total. The molecule has 2 heterocycles. The van der Waals surface area contributed by atoms with E-state index in [9.17, 15) is 18.0 Å². The van der Waals surface area contributed by atoms with Gasteiger partial charge in [-0.05, 0) is 81.9 Å². The number of benzene rings is 2. The fraction of sp³-hybridized carbons (Fsp3) is 0.533. The van der Waals surface area contributed by atoms with Crippen molar-refractivity contribution in [3.63, 3.8) is 0 Å². The topological polar surface area (TPSA) is 105 Å². The molecular formula is C30H41N3O6S. The Morgan fingerprint density at radius 3 is 2.35 bits per heavy atom. The molecule has 4 rings (SSSR count). The summed E-state index contributed by atoms with van der Waals surface area (Å²) in [5.74, 6) is -0.335. The van der Waals surface area contributed by atoms with Gasteiger partial charge in [-0.2, -0.15) is 4.31 Å². The summed E-state index contributed by atoms with van der Waals surface area (Å²) in [6.45, 7) is 6.16. The fourth-order valence-electron chi connectivity index (χ4n) is 5.36. The van der Waals surface area contributed by atoms with Crippen molar-refractivity contribution in [1.29, 1.82) is 0 Å². The molecule has 2 fully saturated rings. The van der Waals surface area contributed by atoms with E-state index in [0.29, 0.717) is 19.4 Å². The summed E-state index contributed by atoms with van der Waals surface area (Å²) in [5, 5.41) is 2.75. The first kappa shape index (κ1) is 30.0. The van der Waals surface area contributed by atoms with Crippen molar-refractivity contribution in [3.8, 4) is 5.75 Å². The number of amides is 1. The monoisotopic (exact) mass is 571 g/mol. The maximum Gasteiger partial charge on any atom is 0.328 e. The van der Waals surface area contributed by atoms with Gasteiger partial charge in [0.2, 0.25) is 15.9 Å². The lowest BCUT2D eigenvalue weighted by Gasteiger charge is -2.26. The molecule has 0 aliphatic carbocycles. The number of likely N-dealkylation sites (tertiary alicyclic amines) is 1. The lowest BCUT2D eigenvalue weighted by atomic mass is 10.0. The molecule has 2 saturated heterocycles.